The Morgan fingerprint density at radius 3 is 2.37 bits per heavy atom. The number of morpholine rings is 1. The maximum atomic E-state index is 12.1. The average molecular weight is 270 g/mol. The summed E-state index contributed by atoms with van der Waals surface area (Å²) in [6.07, 6.45) is 2.67. The molecule has 6 heteroatoms. The van der Waals surface area contributed by atoms with Crippen molar-refractivity contribution in [3.63, 3.8) is 0 Å². The first-order valence-electron chi connectivity index (χ1n) is 6.89. The molecular weight excluding hydrogens is 248 g/mol. The zero-order valence-corrected chi connectivity index (χ0v) is 11.5. The van der Waals surface area contributed by atoms with Gasteiger partial charge in [0.05, 0.1) is 12.2 Å². The highest BCUT2D eigenvalue weighted by Crippen LogP contribution is 2.26. The molecule has 0 aliphatic carbocycles. The Labute approximate surface area is 113 Å². The molecule has 2 amide bonds. The van der Waals surface area contributed by atoms with E-state index in [1.54, 1.807) is 4.90 Å². The monoisotopic (exact) mass is 270 g/mol. The SMILES string of the molecule is CC(C)C[C@@H](NC(=O)N1CC2CCC(C1)O2)C(=O)O. The standard InChI is InChI=1S/C13H22N2O4/c1-8(2)5-11(12(16)17)14-13(18)15-6-9-3-4-10(7-15)19-9/h8-11H,3-7H2,1-2H3,(H,14,18)(H,16,17)/t9?,10?,11-/m1/s1. The molecule has 2 aliphatic rings. The molecule has 2 unspecified atom stereocenters. The molecule has 0 radical (unpaired) electrons. The molecule has 108 valence electrons. The van der Waals surface area contributed by atoms with Gasteiger partial charge in [-0.25, -0.2) is 9.59 Å². The third-order valence-corrected chi connectivity index (χ3v) is 3.63. The number of aliphatic carboxylic acids is 1. The molecule has 2 N–H and O–H groups in total. The number of nitrogens with zero attached hydrogens (tertiary/aromatic N) is 1. The van der Waals surface area contributed by atoms with Crippen molar-refractivity contribution in [2.24, 2.45) is 5.92 Å². The Kier molecular flexibility index (Phi) is 4.29. The highest BCUT2D eigenvalue weighted by Gasteiger charge is 2.36. The van der Waals surface area contributed by atoms with Gasteiger partial charge in [0.1, 0.15) is 6.04 Å². The molecule has 0 aromatic heterocycles. The molecule has 2 rings (SSSR count). The Morgan fingerprint density at radius 1 is 1.32 bits per heavy atom. The lowest BCUT2D eigenvalue weighted by Gasteiger charge is -2.33. The second-order valence-corrected chi connectivity index (χ2v) is 5.83. The summed E-state index contributed by atoms with van der Waals surface area (Å²) in [4.78, 5) is 24.9. The van der Waals surface area contributed by atoms with E-state index in [1.165, 1.54) is 0 Å². The van der Waals surface area contributed by atoms with Gasteiger partial charge in [0, 0.05) is 13.1 Å². The largest absolute Gasteiger partial charge is 0.480 e. The summed E-state index contributed by atoms with van der Waals surface area (Å²) in [5, 5.41) is 11.7. The molecule has 2 heterocycles. The number of hydrogen-bond acceptors (Lipinski definition) is 3. The number of ether oxygens (including phenoxy) is 1. The fourth-order valence-corrected chi connectivity index (χ4v) is 2.71. The van der Waals surface area contributed by atoms with Crippen LogP contribution in [0, 0.1) is 5.92 Å². The maximum Gasteiger partial charge on any atom is 0.326 e. The summed E-state index contributed by atoms with van der Waals surface area (Å²) in [5.41, 5.74) is 0. The maximum absolute atomic E-state index is 12.1. The van der Waals surface area contributed by atoms with Crippen molar-refractivity contribution in [3.8, 4) is 0 Å². The average Bonchev–Trinajstić information content (AvgIpc) is 2.66. The number of hydrogen-bond donors (Lipinski definition) is 2. The lowest BCUT2D eigenvalue weighted by atomic mass is 10.0. The van der Waals surface area contributed by atoms with Gasteiger partial charge in [0.2, 0.25) is 0 Å². The number of rotatable bonds is 4. The number of carboxylic acid groups (broad SMARTS) is 1. The van der Waals surface area contributed by atoms with Gasteiger partial charge in [-0.15, -0.1) is 0 Å². The lowest BCUT2D eigenvalue weighted by Crippen LogP contribution is -2.53. The smallest absolute Gasteiger partial charge is 0.326 e. The number of carboxylic acids is 1. The van der Waals surface area contributed by atoms with Crippen LogP contribution in [0.25, 0.3) is 0 Å². The van der Waals surface area contributed by atoms with Crippen molar-refractivity contribution in [2.45, 2.75) is 51.4 Å². The molecule has 0 aromatic carbocycles. The van der Waals surface area contributed by atoms with Gasteiger partial charge >= 0.3 is 12.0 Å². The molecule has 6 nitrogen and oxygen atoms in total. The molecule has 2 bridgehead atoms. The zero-order chi connectivity index (χ0) is 14.0. The van der Waals surface area contributed by atoms with Crippen molar-refractivity contribution >= 4 is 12.0 Å². The Balaban J connectivity index is 1.90. The fourth-order valence-electron chi connectivity index (χ4n) is 2.71. The van der Waals surface area contributed by atoms with E-state index in [0.29, 0.717) is 19.5 Å². The second kappa shape index (κ2) is 5.77. The number of likely N-dealkylation sites (tertiary alicyclic amines) is 1. The van der Waals surface area contributed by atoms with E-state index < -0.39 is 12.0 Å². The quantitative estimate of drug-likeness (QED) is 0.800. The fraction of sp³-hybridized carbons (Fsp3) is 0.846. The van der Waals surface area contributed by atoms with Gasteiger partial charge < -0.3 is 20.1 Å². The predicted molar refractivity (Wildman–Crippen MR) is 68.9 cm³/mol. The van der Waals surface area contributed by atoms with Gasteiger partial charge in [-0.2, -0.15) is 0 Å². The molecule has 2 aliphatic heterocycles. The lowest BCUT2D eigenvalue weighted by molar-refractivity contribution is -0.139. The number of nitrogens with one attached hydrogen (secondary N) is 1. The van der Waals surface area contributed by atoms with Crippen LogP contribution in [-0.2, 0) is 9.53 Å². The first kappa shape index (κ1) is 14.1. The molecule has 3 atom stereocenters. The van der Waals surface area contributed by atoms with Crippen LogP contribution in [0.15, 0.2) is 0 Å². The van der Waals surface area contributed by atoms with Crippen molar-refractivity contribution < 1.29 is 19.4 Å². The third kappa shape index (κ3) is 3.59. The van der Waals surface area contributed by atoms with Crippen LogP contribution < -0.4 is 5.32 Å². The van der Waals surface area contributed by atoms with Crippen LogP contribution in [-0.4, -0.2) is 53.3 Å². The second-order valence-electron chi connectivity index (χ2n) is 5.83. The van der Waals surface area contributed by atoms with E-state index in [4.69, 9.17) is 9.84 Å². The minimum Gasteiger partial charge on any atom is -0.480 e. The number of amides is 2. The number of fused-ring (bicyclic) bond motifs is 2. The van der Waals surface area contributed by atoms with Gasteiger partial charge in [0.15, 0.2) is 0 Å². The van der Waals surface area contributed by atoms with Gasteiger partial charge in [-0.05, 0) is 25.2 Å². The molecule has 2 fully saturated rings. The number of urea groups is 1. The van der Waals surface area contributed by atoms with E-state index in [2.05, 4.69) is 5.32 Å². The van der Waals surface area contributed by atoms with Crippen molar-refractivity contribution in [1.29, 1.82) is 0 Å². The van der Waals surface area contributed by atoms with Crippen LogP contribution in [0.4, 0.5) is 4.79 Å². The number of carbonyl (C=O) groups excluding carboxylic acids is 1. The molecule has 19 heavy (non-hydrogen) atoms. The molecule has 0 aromatic rings. The van der Waals surface area contributed by atoms with Crippen LogP contribution in [0.1, 0.15) is 33.1 Å². The summed E-state index contributed by atoms with van der Waals surface area (Å²) < 4.78 is 5.66. The minimum atomic E-state index is -0.974. The topological polar surface area (TPSA) is 78.9 Å². The van der Waals surface area contributed by atoms with Crippen LogP contribution in [0.3, 0.4) is 0 Å². The molecule has 2 saturated heterocycles. The van der Waals surface area contributed by atoms with E-state index in [9.17, 15) is 9.59 Å². The van der Waals surface area contributed by atoms with E-state index >= 15 is 0 Å². The highest BCUT2D eigenvalue weighted by atomic mass is 16.5. The van der Waals surface area contributed by atoms with E-state index in [1.807, 2.05) is 13.8 Å². The van der Waals surface area contributed by atoms with Crippen LogP contribution in [0.5, 0.6) is 0 Å². The normalized spacial score (nSPS) is 27.4. The summed E-state index contributed by atoms with van der Waals surface area (Å²) in [5.74, 6) is -0.749. The summed E-state index contributed by atoms with van der Waals surface area (Å²) >= 11 is 0. The summed E-state index contributed by atoms with van der Waals surface area (Å²) in [7, 11) is 0. The molecule has 0 saturated carbocycles. The minimum absolute atomic E-state index is 0.123. The Bertz CT molecular complexity index is 347. The van der Waals surface area contributed by atoms with Crippen LogP contribution >= 0.6 is 0 Å². The highest BCUT2D eigenvalue weighted by molar-refractivity contribution is 5.82. The van der Waals surface area contributed by atoms with Crippen molar-refractivity contribution in [1.82, 2.24) is 10.2 Å². The van der Waals surface area contributed by atoms with Crippen molar-refractivity contribution in [2.75, 3.05) is 13.1 Å². The van der Waals surface area contributed by atoms with E-state index in [0.717, 1.165) is 12.8 Å². The zero-order valence-electron chi connectivity index (χ0n) is 11.5. The van der Waals surface area contributed by atoms with Gasteiger partial charge in [-0.1, -0.05) is 13.8 Å². The Morgan fingerprint density at radius 2 is 1.89 bits per heavy atom. The molecular formula is C13H22N2O4. The summed E-state index contributed by atoms with van der Waals surface area (Å²) in [6.45, 7) is 5.01. The van der Waals surface area contributed by atoms with Gasteiger partial charge in [0.25, 0.3) is 0 Å². The van der Waals surface area contributed by atoms with E-state index in [-0.39, 0.29) is 24.2 Å². The predicted octanol–water partition coefficient (Wildman–Crippen LogP) is 1.06. The number of carbonyl (C=O) groups is 2. The van der Waals surface area contributed by atoms with Crippen molar-refractivity contribution in [3.05, 3.63) is 0 Å². The first-order valence-corrected chi connectivity index (χ1v) is 6.89. The first-order chi connectivity index (χ1) is 8.95. The molecule has 0 spiro atoms. The third-order valence-electron chi connectivity index (χ3n) is 3.63. The Hall–Kier alpha value is -1.30. The van der Waals surface area contributed by atoms with Crippen LogP contribution in [0.2, 0.25) is 0 Å². The van der Waals surface area contributed by atoms with Gasteiger partial charge in [-0.3, -0.25) is 0 Å². The summed E-state index contributed by atoms with van der Waals surface area (Å²) in [6, 6.07) is -1.10.